The Morgan fingerprint density at radius 2 is 1.78 bits per heavy atom. The Morgan fingerprint density at radius 3 is 2.44 bits per heavy atom. The number of rotatable bonds is 9. The van der Waals surface area contributed by atoms with Crippen molar-refractivity contribution in [2.75, 3.05) is 18.5 Å². The van der Waals surface area contributed by atoms with Crippen molar-refractivity contribution in [1.29, 1.82) is 0 Å². The summed E-state index contributed by atoms with van der Waals surface area (Å²) in [5.74, 6) is -0.519. The van der Waals surface area contributed by atoms with Gasteiger partial charge in [0.2, 0.25) is 5.91 Å². The number of esters is 1. The summed E-state index contributed by atoms with van der Waals surface area (Å²) in [5.41, 5.74) is 2.33. The molecule has 7 heteroatoms. The highest BCUT2D eigenvalue weighted by atomic mass is 32.1. The van der Waals surface area contributed by atoms with Crippen molar-refractivity contribution in [3.8, 4) is 16.9 Å². The van der Waals surface area contributed by atoms with Crippen molar-refractivity contribution in [3.63, 3.8) is 0 Å². The van der Waals surface area contributed by atoms with E-state index in [1.165, 1.54) is 29.5 Å². The van der Waals surface area contributed by atoms with Gasteiger partial charge in [0.05, 0.1) is 13.2 Å². The molecule has 3 rings (SSSR count). The average Bonchev–Trinajstić information content (AvgIpc) is 3.21. The summed E-state index contributed by atoms with van der Waals surface area (Å²) < 4.78 is 24.0. The fourth-order valence-corrected chi connectivity index (χ4v) is 3.88. The van der Waals surface area contributed by atoms with Crippen LogP contribution in [0.1, 0.15) is 36.2 Å². The first-order valence-electron chi connectivity index (χ1n) is 10.3. The Labute approximate surface area is 190 Å². The third kappa shape index (κ3) is 6.04. The quantitative estimate of drug-likeness (QED) is 0.311. The summed E-state index contributed by atoms with van der Waals surface area (Å²) in [5, 5.41) is 4.87. The summed E-state index contributed by atoms with van der Waals surface area (Å²) in [4.78, 5) is 25.1. The molecule has 0 unspecified atom stereocenters. The molecule has 0 aliphatic carbocycles. The highest BCUT2D eigenvalue weighted by molar-refractivity contribution is 7.15. The molecule has 1 heterocycles. The molecule has 3 aromatic rings. The van der Waals surface area contributed by atoms with Gasteiger partial charge in [-0.05, 0) is 54.8 Å². The Morgan fingerprint density at radius 1 is 1.06 bits per heavy atom. The van der Waals surface area contributed by atoms with Gasteiger partial charge >= 0.3 is 5.97 Å². The normalized spacial score (nSPS) is 10.8. The molecule has 1 aromatic heterocycles. The van der Waals surface area contributed by atoms with Gasteiger partial charge in [-0.3, -0.25) is 4.79 Å². The Balaban J connectivity index is 1.77. The van der Waals surface area contributed by atoms with Gasteiger partial charge in [-0.25, -0.2) is 9.18 Å². The van der Waals surface area contributed by atoms with Crippen LogP contribution in [0.4, 0.5) is 9.39 Å². The van der Waals surface area contributed by atoms with Crippen LogP contribution >= 0.6 is 11.3 Å². The van der Waals surface area contributed by atoms with Crippen LogP contribution in [-0.4, -0.2) is 25.1 Å². The smallest absolute Gasteiger partial charge is 0.341 e. The van der Waals surface area contributed by atoms with Crippen molar-refractivity contribution in [3.05, 3.63) is 76.9 Å². The van der Waals surface area contributed by atoms with E-state index in [0.29, 0.717) is 22.7 Å². The minimum atomic E-state index is -0.546. The lowest BCUT2D eigenvalue weighted by Gasteiger charge is -2.08. The van der Waals surface area contributed by atoms with Gasteiger partial charge in [0.15, 0.2) is 0 Å². The van der Waals surface area contributed by atoms with E-state index in [9.17, 15) is 14.0 Å². The fraction of sp³-hybridized carbons (Fsp3) is 0.200. The number of anilines is 1. The maximum atomic E-state index is 13.3. The van der Waals surface area contributed by atoms with Crippen molar-refractivity contribution in [2.24, 2.45) is 0 Å². The molecule has 0 atom stereocenters. The van der Waals surface area contributed by atoms with Gasteiger partial charge in [-0.1, -0.05) is 31.2 Å². The van der Waals surface area contributed by atoms with Crippen LogP contribution in [-0.2, 0) is 9.53 Å². The van der Waals surface area contributed by atoms with E-state index in [2.05, 4.69) is 5.32 Å². The first kappa shape index (κ1) is 23.2. The summed E-state index contributed by atoms with van der Waals surface area (Å²) in [7, 11) is 0. The number of hydrogen-bond donors (Lipinski definition) is 1. The lowest BCUT2D eigenvalue weighted by atomic mass is 10.0. The second-order valence-corrected chi connectivity index (χ2v) is 7.70. The monoisotopic (exact) mass is 453 g/mol. The zero-order chi connectivity index (χ0) is 22.9. The van der Waals surface area contributed by atoms with Gasteiger partial charge in [0, 0.05) is 17.0 Å². The number of benzene rings is 2. The molecule has 0 spiro atoms. The summed E-state index contributed by atoms with van der Waals surface area (Å²) >= 11 is 1.21. The number of ether oxygens (including phenoxy) is 2. The molecular formula is C25H24FNO4S. The van der Waals surface area contributed by atoms with E-state index >= 15 is 0 Å². The molecule has 166 valence electrons. The molecule has 1 amide bonds. The molecule has 0 radical (unpaired) electrons. The highest BCUT2D eigenvalue weighted by Gasteiger charge is 2.22. The molecule has 0 aliphatic rings. The second kappa shape index (κ2) is 11.2. The molecule has 0 aliphatic heterocycles. The van der Waals surface area contributed by atoms with Gasteiger partial charge in [0.25, 0.3) is 0 Å². The van der Waals surface area contributed by atoms with E-state index in [0.717, 1.165) is 17.7 Å². The van der Waals surface area contributed by atoms with Gasteiger partial charge in [0.1, 0.15) is 22.1 Å². The van der Waals surface area contributed by atoms with Gasteiger partial charge < -0.3 is 14.8 Å². The summed E-state index contributed by atoms with van der Waals surface area (Å²) in [6.07, 6.45) is 4.01. The van der Waals surface area contributed by atoms with Gasteiger partial charge in [-0.2, -0.15) is 0 Å². The van der Waals surface area contributed by atoms with Crippen LogP contribution in [0.5, 0.6) is 5.75 Å². The van der Waals surface area contributed by atoms with Gasteiger partial charge in [-0.15, -0.1) is 11.3 Å². The predicted molar refractivity (Wildman–Crippen MR) is 126 cm³/mol. The number of hydrogen-bond acceptors (Lipinski definition) is 5. The Bertz CT molecular complexity index is 1090. The predicted octanol–water partition coefficient (Wildman–Crippen LogP) is 6.17. The topological polar surface area (TPSA) is 64.6 Å². The first-order valence-corrected chi connectivity index (χ1v) is 11.2. The van der Waals surface area contributed by atoms with E-state index in [1.54, 1.807) is 30.5 Å². The van der Waals surface area contributed by atoms with E-state index < -0.39 is 5.97 Å². The van der Waals surface area contributed by atoms with E-state index in [4.69, 9.17) is 9.47 Å². The van der Waals surface area contributed by atoms with Crippen molar-refractivity contribution in [1.82, 2.24) is 0 Å². The number of amides is 1. The van der Waals surface area contributed by atoms with Crippen LogP contribution < -0.4 is 10.1 Å². The molecule has 0 bridgehead atoms. The second-order valence-electron chi connectivity index (χ2n) is 6.82. The van der Waals surface area contributed by atoms with E-state index in [1.807, 2.05) is 31.2 Å². The lowest BCUT2D eigenvalue weighted by Crippen LogP contribution is -2.12. The molecule has 0 saturated carbocycles. The molecule has 2 aromatic carbocycles. The molecule has 1 N–H and O–H groups in total. The molecule has 5 nitrogen and oxygen atoms in total. The highest BCUT2D eigenvalue weighted by Crippen LogP contribution is 2.36. The lowest BCUT2D eigenvalue weighted by molar-refractivity contribution is -0.111. The zero-order valence-electron chi connectivity index (χ0n) is 17.9. The van der Waals surface area contributed by atoms with Crippen LogP contribution in [0.2, 0.25) is 0 Å². The molecule has 0 saturated heterocycles. The number of halogens is 1. The van der Waals surface area contributed by atoms with Crippen LogP contribution in [0.3, 0.4) is 0 Å². The standard InChI is InChI=1S/C25H24FNO4S/c1-3-15-31-20-12-5-17(6-13-20)7-14-22(28)27-24-23(25(29)30-4-2)21(16-32-24)18-8-10-19(26)11-9-18/h5-14,16H,3-4,15H2,1-2H3,(H,27,28)/b14-7+. The summed E-state index contributed by atoms with van der Waals surface area (Å²) in [6.45, 7) is 4.60. The third-order valence-corrected chi connectivity index (χ3v) is 5.34. The number of nitrogens with one attached hydrogen (secondary N) is 1. The maximum absolute atomic E-state index is 13.3. The Hall–Kier alpha value is -3.45. The SMILES string of the molecule is CCCOc1ccc(/C=C/C(=O)Nc2scc(-c3ccc(F)cc3)c2C(=O)OCC)cc1. The van der Waals surface area contributed by atoms with Crippen molar-refractivity contribution < 1.29 is 23.5 Å². The largest absolute Gasteiger partial charge is 0.494 e. The number of thiophene rings is 1. The molecular weight excluding hydrogens is 429 g/mol. The number of carbonyl (C=O) groups is 2. The zero-order valence-corrected chi connectivity index (χ0v) is 18.7. The van der Waals surface area contributed by atoms with Crippen LogP contribution in [0.15, 0.2) is 60.0 Å². The molecule has 32 heavy (non-hydrogen) atoms. The van der Waals surface area contributed by atoms with E-state index in [-0.39, 0.29) is 23.9 Å². The molecule has 0 fully saturated rings. The minimum Gasteiger partial charge on any atom is -0.494 e. The third-order valence-electron chi connectivity index (χ3n) is 4.44. The fourth-order valence-electron chi connectivity index (χ4n) is 2.92. The van der Waals surface area contributed by atoms with Crippen molar-refractivity contribution in [2.45, 2.75) is 20.3 Å². The van der Waals surface area contributed by atoms with Crippen molar-refractivity contribution >= 4 is 34.3 Å². The van der Waals surface area contributed by atoms with Crippen LogP contribution in [0.25, 0.3) is 17.2 Å². The van der Waals surface area contributed by atoms with Crippen LogP contribution in [0, 0.1) is 5.82 Å². The number of carbonyl (C=O) groups excluding carboxylic acids is 2. The maximum Gasteiger partial charge on any atom is 0.341 e. The minimum absolute atomic E-state index is 0.197. The Kier molecular flexibility index (Phi) is 8.16. The summed E-state index contributed by atoms with van der Waals surface area (Å²) in [6, 6.07) is 13.2. The first-order chi connectivity index (χ1) is 15.5. The average molecular weight is 454 g/mol.